The molecular weight excluding hydrogens is 272 g/mol. The molecule has 0 unspecified atom stereocenters. The van der Waals surface area contributed by atoms with Gasteiger partial charge in [0, 0.05) is 18.4 Å². The van der Waals surface area contributed by atoms with Gasteiger partial charge in [-0.1, -0.05) is 55.0 Å². The standard InChI is InChI=1S/C19H20N2O/c1-3-19-21-17(15-6-4-5-7-18(15)22-19)12-16(20-21)14-10-8-13(2)9-11-14/h4-11,17,19H,3,12H2,1-2H3/t17-,19+/m0/s1. The molecule has 2 aliphatic heterocycles. The second-order valence-electron chi connectivity index (χ2n) is 6.03. The van der Waals surface area contributed by atoms with Gasteiger partial charge in [0.25, 0.3) is 0 Å². The number of nitrogens with zero attached hydrogens (tertiary/aromatic N) is 2. The van der Waals surface area contributed by atoms with Crippen LogP contribution in [0.1, 0.15) is 42.5 Å². The van der Waals surface area contributed by atoms with Gasteiger partial charge in [0.1, 0.15) is 5.75 Å². The van der Waals surface area contributed by atoms with Gasteiger partial charge < -0.3 is 4.74 Å². The lowest BCUT2D eigenvalue weighted by Crippen LogP contribution is -2.39. The van der Waals surface area contributed by atoms with Gasteiger partial charge in [-0.2, -0.15) is 5.10 Å². The Morgan fingerprint density at radius 1 is 1.14 bits per heavy atom. The average Bonchev–Trinajstić information content (AvgIpc) is 3.00. The topological polar surface area (TPSA) is 24.8 Å². The number of fused-ring (bicyclic) bond motifs is 3. The van der Waals surface area contributed by atoms with Crippen LogP contribution in [0.25, 0.3) is 0 Å². The van der Waals surface area contributed by atoms with Gasteiger partial charge in [-0.25, -0.2) is 0 Å². The molecule has 0 radical (unpaired) electrons. The summed E-state index contributed by atoms with van der Waals surface area (Å²) in [6.45, 7) is 4.26. The third kappa shape index (κ3) is 2.08. The van der Waals surface area contributed by atoms with Gasteiger partial charge >= 0.3 is 0 Å². The first-order valence-corrected chi connectivity index (χ1v) is 7.94. The maximum Gasteiger partial charge on any atom is 0.187 e. The molecule has 0 bridgehead atoms. The minimum Gasteiger partial charge on any atom is -0.469 e. The molecule has 22 heavy (non-hydrogen) atoms. The van der Waals surface area contributed by atoms with Crippen molar-refractivity contribution in [1.82, 2.24) is 5.01 Å². The third-order valence-electron chi connectivity index (χ3n) is 4.51. The number of hydrazone groups is 1. The van der Waals surface area contributed by atoms with Crippen LogP contribution in [-0.2, 0) is 0 Å². The number of benzene rings is 2. The molecular formula is C19H20N2O. The third-order valence-corrected chi connectivity index (χ3v) is 4.51. The number of ether oxygens (including phenoxy) is 1. The van der Waals surface area contributed by atoms with Crippen molar-refractivity contribution in [2.75, 3.05) is 0 Å². The number of para-hydroxylation sites is 1. The largest absolute Gasteiger partial charge is 0.469 e. The van der Waals surface area contributed by atoms with Crippen molar-refractivity contribution < 1.29 is 4.74 Å². The summed E-state index contributed by atoms with van der Waals surface area (Å²) in [5, 5.41) is 7.04. The normalized spacial score (nSPS) is 22.6. The summed E-state index contributed by atoms with van der Waals surface area (Å²) in [5.74, 6) is 1.01. The van der Waals surface area contributed by atoms with E-state index in [2.05, 4.69) is 61.3 Å². The van der Waals surface area contributed by atoms with E-state index in [0.717, 1.165) is 24.3 Å². The molecule has 0 amide bonds. The monoisotopic (exact) mass is 292 g/mol. The molecule has 3 heteroatoms. The smallest absolute Gasteiger partial charge is 0.187 e. The Morgan fingerprint density at radius 2 is 1.91 bits per heavy atom. The Kier molecular flexibility index (Phi) is 3.14. The van der Waals surface area contributed by atoms with E-state index in [0.29, 0.717) is 6.04 Å². The van der Waals surface area contributed by atoms with E-state index in [4.69, 9.17) is 9.84 Å². The van der Waals surface area contributed by atoms with Gasteiger partial charge in [-0.3, -0.25) is 5.01 Å². The van der Waals surface area contributed by atoms with Crippen LogP contribution < -0.4 is 4.74 Å². The van der Waals surface area contributed by atoms with E-state index >= 15 is 0 Å². The summed E-state index contributed by atoms with van der Waals surface area (Å²) in [4.78, 5) is 0. The summed E-state index contributed by atoms with van der Waals surface area (Å²) < 4.78 is 6.12. The van der Waals surface area contributed by atoms with Crippen molar-refractivity contribution >= 4 is 5.71 Å². The van der Waals surface area contributed by atoms with Crippen molar-refractivity contribution in [3.8, 4) is 5.75 Å². The molecule has 0 N–H and O–H groups in total. The Bertz CT molecular complexity index is 720. The quantitative estimate of drug-likeness (QED) is 0.825. The van der Waals surface area contributed by atoms with E-state index in [1.54, 1.807) is 0 Å². The summed E-state index contributed by atoms with van der Waals surface area (Å²) in [6, 6.07) is 17.3. The van der Waals surface area contributed by atoms with Crippen LogP contribution in [0.5, 0.6) is 5.75 Å². The highest BCUT2D eigenvalue weighted by atomic mass is 16.5. The average molecular weight is 292 g/mol. The molecule has 2 atom stereocenters. The maximum absolute atomic E-state index is 6.12. The van der Waals surface area contributed by atoms with Gasteiger partial charge in [0.2, 0.25) is 0 Å². The van der Waals surface area contributed by atoms with E-state index in [9.17, 15) is 0 Å². The summed E-state index contributed by atoms with van der Waals surface area (Å²) in [6.07, 6.45) is 1.90. The van der Waals surface area contributed by atoms with Gasteiger partial charge in [-0.15, -0.1) is 0 Å². The van der Waals surface area contributed by atoms with E-state index in [1.165, 1.54) is 16.7 Å². The second kappa shape index (κ2) is 5.16. The van der Waals surface area contributed by atoms with Crippen molar-refractivity contribution in [2.24, 2.45) is 5.10 Å². The lowest BCUT2D eigenvalue weighted by atomic mass is 9.96. The minimum atomic E-state index is 0.0304. The number of hydrogen-bond donors (Lipinski definition) is 0. The van der Waals surface area contributed by atoms with Gasteiger partial charge in [0.15, 0.2) is 6.23 Å². The SMILES string of the molecule is CC[C@H]1Oc2ccccc2[C@@H]2CC(c3ccc(C)cc3)=NN12. The Hall–Kier alpha value is -2.29. The minimum absolute atomic E-state index is 0.0304. The van der Waals surface area contributed by atoms with Crippen LogP contribution in [0.3, 0.4) is 0 Å². The molecule has 3 nitrogen and oxygen atoms in total. The molecule has 2 heterocycles. The van der Waals surface area contributed by atoms with E-state index in [-0.39, 0.29) is 6.23 Å². The summed E-state index contributed by atoms with van der Waals surface area (Å²) >= 11 is 0. The highest BCUT2D eigenvalue weighted by Crippen LogP contribution is 2.43. The fraction of sp³-hybridized carbons (Fsp3) is 0.316. The molecule has 0 saturated carbocycles. The Morgan fingerprint density at radius 3 is 2.68 bits per heavy atom. The molecule has 4 rings (SSSR count). The summed E-state index contributed by atoms with van der Waals surface area (Å²) in [5.41, 5.74) is 4.90. The number of rotatable bonds is 2. The van der Waals surface area contributed by atoms with Crippen molar-refractivity contribution in [2.45, 2.75) is 39.0 Å². The van der Waals surface area contributed by atoms with E-state index in [1.807, 2.05) is 6.07 Å². The van der Waals surface area contributed by atoms with Crippen molar-refractivity contribution in [1.29, 1.82) is 0 Å². The zero-order chi connectivity index (χ0) is 15.1. The zero-order valence-corrected chi connectivity index (χ0v) is 13.0. The molecule has 0 fully saturated rings. The fourth-order valence-corrected chi connectivity index (χ4v) is 3.30. The first kappa shape index (κ1) is 13.4. The molecule has 0 aliphatic carbocycles. The Labute approximate surface area is 131 Å². The molecule has 2 aromatic rings. The van der Waals surface area contributed by atoms with Crippen molar-refractivity contribution in [3.05, 3.63) is 65.2 Å². The molecule has 112 valence electrons. The molecule has 0 saturated heterocycles. The zero-order valence-electron chi connectivity index (χ0n) is 13.0. The molecule has 0 aromatic heterocycles. The predicted molar refractivity (Wildman–Crippen MR) is 88.1 cm³/mol. The first-order chi connectivity index (χ1) is 10.8. The maximum atomic E-state index is 6.12. The predicted octanol–water partition coefficient (Wildman–Crippen LogP) is 4.27. The first-order valence-electron chi connectivity index (χ1n) is 7.94. The molecule has 2 aromatic carbocycles. The second-order valence-corrected chi connectivity index (χ2v) is 6.03. The van der Waals surface area contributed by atoms with Crippen LogP contribution in [0.2, 0.25) is 0 Å². The van der Waals surface area contributed by atoms with Gasteiger partial charge in [-0.05, 0) is 18.6 Å². The number of hydrogen-bond acceptors (Lipinski definition) is 3. The van der Waals surface area contributed by atoms with Crippen LogP contribution in [-0.4, -0.2) is 16.9 Å². The Balaban J connectivity index is 1.72. The number of aryl methyl sites for hydroxylation is 1. The lowest BCUT2D eigenvalue weighted by molar-refractivity contribution is -0.0188. The molecule has 0 spiro atoms. The van der Waals surface area contributed by atoms with Crippen molar-refractivity contribution in [3.63, 3.8) is 0 Å². The molecule has 2 aliphatic rings. The van der Waals surface area contributed by atoms with Crippen LogP contribution >= 0.6 is 0 Å². The fourth-order valence-electron chi connectivity index (χ4n) is 3.30. The van der Waals surface area contributed by atoms with Crippen LogP contribution in [0, 0.1) is 6.92 Å². The van der Waals surface area contributed by atoms with Gasteiger partial charge in [0.05, 0.1) is 11.8 Å². The van der Waals surface area contributed by atoms with Crippen LogP contribution in [0.4, 0.5) is 0 Å². The summed E-state index contributed by atoms with van der Waals surface area (Å²) in [7, 11) is 0. The highest BCUT2D eigenvalue weighted by Gasteiger charge is 2.39. The van der Waals surface area contributed by atoms with Crippen LogP contribution in [0.15, 0.2) is 53.6 Å². The van der Waals surface area contributed by atoms with E-state index < -0.39 is 0 Å². The lowest BCUT2D eigenvalue weighted by Gasteiger charge is -2.37. The highest BCUT2D eigenvalue weighted by molar-refractivity contribution is 6.01.